The van der Waals surface area contributed by atoms with Gasteiger partial charge in [-0.25, -0.2) is 0 Å². The van der Waals surface area contributed by atoms with E-state index in [1.807, 2.05) is 20.2 Å². The maximum absolute atomic E-state index is 12.6. The van der Waals surface area contributed by atoms with Gasteiger partial charge in [0.1, 0.15) is 11.6 Å². The van der Waals surface area contributed by atoms with E-state index in [0.29, 0.717) is 13.0 Å². The van der Waals surface area contributed by atoms with E-state index in [2.05, 4.69) is 10.4 Å². The van der Waals surface area contributed by atoms with E-state index < -0.39 is 5.54 Å². The Kier molecular flexibility index (Phi) is 3.83. The highest BCUT2D eigenvalue weighted by Crippen LogP contribution is 2.23. The van der Waals surface area contributed by atoms with Crippen molar-refractivity contribution in [2.45, 2.75) is 51.7 Å². The van der Waals surface area contributed by atoms with Gasteiger partial charge in [0.05, 0.1) is 6.20 Å². The molecule has 0 aliphatic carbocycles. The van der Waals surface area contributed by atoms with Crippen molar-refractivity contribution >= 4 is 11.8 Å². The summed E-state index contributed by atoms with van der Waals surface area (Å²) >= 11 is 0. The Morgan fingerprint density at radius 1 is 1.40 bits per heavy atom. The van der Waals surface area contributed by atoms with Crippen molar-refractivity contribution in [1.29, 1.82) is 0 Å². The molecule has 2 heterocycles. The third-order valence-electron chi connectivity index (χ3n) is 3.58. The fraction of sp³-hybridized carbons (Fsp3) is 0.643. The van der Waals surface area contributed by atoms with Gasteiger partial charge in [0.2, 0.25) is 11.8 Å². The molecule has 1 N–H and O–H groups in total. The predicted octanol–water partition coefficient (Wildman–Crippen LogP) is 0.826. The van der Waals surface area contributed by atoms with Crippen LogP contribution in [0.25, 0.3) is 0 Å². The minimum atomic E-state index is -0.844. The number of hydrogen-bond donors (Lipinski definition) is 1. The molecule has 110 valence electrons. The monoisotopic (exact) mass is 278 g/mol. The van der Waals surface area contributed by atoms with E-state index in [0.717, 1.165) is 12.0 Å². The number of amides is 2. The molecule has 1 aliphatic rings. The third-order valence-corrected chi connectivity index (χ3v) is 3.58. The largest absolute Gasteiger partial charge is 0.340 e. The number of piperazine rings is 1. The van der Waals surface area contributed by atoms with Crippen molar-refractivity contribution in [3.63, 3.8) is 0 Å². The van der Waals surface area contributed by atoms with Crippen LogP contribution in [-0.2, 0) is 23.2 Å². The highest BCUT2D eigenvalue weighted by Gasteiger charge is 2.44. The summed E-state index contributed by atoms with van der Waals surface area (Å²) in [5, 5.41) is 6.92. The van der Waals surface area contributed by atoms with Crippen LogP contribution in [0.1, 0.15) is 39.2 Å². The van der Waals surface area contributed by atoms with Gasteiger partial charge in [-0.05, 0) is 20.3 Å². The molecule has 1 fully saturated rings. The maximum atomic E-state index is 12.6. The number of aryl methyl sites for hydroxylation is 1. The molecule has 1 atom stereocenters. The Bertz CT molecular complexity index is 521. The van der Waals surface area contributed by atoms with Crippen molar-refractivity contribution in [3.05, 3.63) is 18.0 Å². The second-order valence-corrected chi connectivity index (χ2v) is 5.87. The Balaban J connectivity index is 2.27. The Morgan fingerprint density at radius 3 is 2.65 bits per heavy atom. The molecule has 6 heteroatoms. The summed E-state index contributed by atoms with van der Waals surface area (Å²) in [6.45, 7) is 5.92. The van der Waals surface area contributed by atoms with E-state index in [-0.39, 0.29) is 17.9 Å². The SMILES string of the molecule is CCCC1C(=O)NC(C)(C)C(=O)N1Cc1cnn(C)c1. The lowest BCUT2D eigenvalue weighted by Gasteiger charge is -2.42. The van der Waals surface area contributed by atoms with Crippen LogP contribution in [0.2, 0.25) is 0 Å². The van der Waals surface area contributed by atoms with Gasteiger partial charge < -0.3 is 10.2 Å². The van der Waals surface area contributed by atoms with Gasteiger partial charge in [0.15, 0.2) is 0 Å². The van der Waals surface area contributed by atoms with Gasteiger partial charge in [-0.3, -0.25) is 14.3 Å². The summed E-state index contributed by atoms with van der Waals surface area (Å²) < 4.78 is 1.70. The van der Waals surface area contributed by atoms with Gasteiger partial charge >= 0.3 is 0 Å². The number of carbonyl (C=O) groups is 2. The first-order valence-electron chi connectivity index (χ1n) is 6.95. The van der Waals surface area contributed by atoms with Crippen LogP contribution in [-0.4, -0.2) is 38.1 Å². The highest BCUT2D eigenvalue weighted by atomic mass is 16.2. The molecule has 0 bridgehead atoms. The van der Waals surface area contributed by atoms with Crippen molar-refractivity contribution < 1.29 is 9.59 Å². The predicted molar refractivity (Wildman–Crippen MR) is 74.7 cm³/mol. The molecule has 1 aromatic heterocycles. The number of nitrogens with one attached hydrogen (secondary N) is 1. The molecule has 0 saturated carbocycles. The summed E-state index contributed by atoms with van der Waals surface area (Å²) in [7, 11) is 1.84. The average Bonchev–Trinajstić information content (AvgIpc) is 2.76. The normalized spacial score (nSPS) is 22.0. The fourth-order valence-electron chi connectivity index (χ4n) is 2.58. The Morgan fingerprint density at radius 2 is 2.10 bits per heavy atom. The van der Waals surface area contributed by atoms with Crippen LogP contribution in [0, 0.1) is 0 Å². The standard InChI is InChI=1S/C14H22N4O2/c1-5-6-11-12(19)16-14(2,3)13(20)18(11)9-10-7-15-17(4)8-10/h7-8,11H,5-6,9H2,1-4H3,(H,16,19). The van der Waals surface area contributed by atoms with Crippen molar-refractivity contribution in [2.24, 2.45) is 7.05 Å². The minimum absolute atomic E-state index is 0.0422. The van der Waals surface area contributed by atoms with Crippen LogP contribution in [0.5, 0.6) is 0 Å². The van der Waals surface area contributed by atoms with E-state index in [4.69, 9.17) is 0 Å². The lowest BCUT2D eigenvalue weighted by atomic mass is 9.94. The van der Waals surface area contributed by atoms with E-state index in [9.17, 15) is 9.59 Å². The molecular weight excluding hydrogens is 256 g/mol. The van der Waals surface area contributed by atoms with Gasteiger partial charge in [-0.1, -0.05) is 13.3 Å². The quantitative estimate of drug-likeness (QED) is 0.887. The van der Waals surface area contributed by atoms with Crippen LogP contribution in [0.3, 0.4) is 0 Å². The lowest BCUT2D eigenvalue weighted by molar-refractivity contribution is -0.154. The number of nitrogens with zero attached hydrogens (tertiary/aromatic N) is 3. The van der Waals surface area contributed by atoms with Crippen molar-refractivity contribution in [2.75, 3.05) is 0 Å². The van der Waals surface area contributed by atoms with Crippen LogP contribution >= 0.6 is 0 Å². The topological polar surface area (TPSA) is 67.2 Å². The zero-order valence-electron chi connectivity index (χ0n) is 12.5. The molecule has 20 heavy (non-hydrogen) atoms. The zero-order valence-corrected chi connectivity index (χ0v) is 12.5. The molecule has 1 saturated heterocycles. The second-order valence-electron chi connectivity index (χ2n) is 5.87. The number of aromatic nitrogens is 2. The van der Waals surface area contributed by atoms with Crippen molar-refractivity contribution in [3.8, 4) is 0 Å². The fourth-order valence-corrected chi connectivity index (χ4v) is 2.58. The third kappa shape index (κ3) is 2.69. The summed E-state index contributed by atoms with van der Waals surface area (Å²) in [5.74, 6) is -0.111. The van der Waals surface area contributed by atoms with Crippen LogP contribution < -0.4 is 5.32 Å². The van der Waals surface area contributed by atoms with E-state index in [1.54, 1.807) is 29.6 Å². The molecule has 1 unspecified atom stereocenters. The molecule has 0 aromatic carbocycles. The summed E-state index contributed by atoms with van der Waals surface area (Å²) in [6.07, 6.45) is 5.13. The molecular formula is C14H22N4O2. The number of carbonyl (C=O) groups excluding carboxylic acids is 2. The summed E-state index contributed by atoms with van der Waals surface area (Å²) in [6, 6.07) is -0.388. The molecule has 0 spiro atoms. The zero-order chi connectivity index (χ0) is 14.9. The van der Waals surface area contributed by atoms with Gasteiger partial charge in [0, 0.05) is 25.4 Å². The molecule has 1 aliphatic heterocycles. The highest BCUT2D eigenvalue weighted by molar-refractivity contribution is 5.99. The molecule has 0 radical (unpaired) electrons. The smallest absolute Gasteiger partial charge is 0.248 e. The summed E-state index contributed by atoms with van der Waals surface area (Å²) in [4.78, 5) is 26.5. The molecule has 6 nitrogen and oxygen atoms in total. The minimum Gasteiger partial charge on any atom is -0.340 e. The number of rotatable bonds is 4. The lowest BCUT2D eigenvalue weighted by Crippen LogP contribution is -2.67. The van der Waals surface area contributed by atoms with Gasteiger partial charge in [0.25, 0.3) is 0 Å². The van der Waals surface area contributed by atoms with E-state index in [1.165, 1.54) is 0 Å². The first kappa shape index (κ1) is 14.6. The molecule has 2 rings (SSSR count). The van der Waals surface area contributed by atoms with Crippen LogP contribution in [0.4, 0.5) is 0 Å². The second kappa shape index (κ2) is 5.26. The van der Waals surface area contributed by atoms with Gasteiger partial charge in [-0.2, -0.15) is 5.10 Å². The van der Waals surface area contributed by atoms with E-state index >= 15 is 0 Å². The molecule has 1 aromatic rings. The first-order valence-corrected chi connectivity index (χ1v) is 6.95. The van der Waals surface area contributed by atoms with Crippen molar-refractivity contribution in [1.82, 2.24) is 20.0 Å². The average molecular weight is 278 g/mol. The summed E-state index contributed by atoms with van der Waals surface area (Å²) in [5.41, 5.74) is 0.0937. The number of hydrogen-bond acceptors (Lipinski definition) is 3. The van der Waals surface area contributed by atoms with Crippen LogP contribution in [0.15, 0.2) is 12.4 Å². The maximum Gasteiger partial charge on any atom is 0.248 e. The Labute approximate surface area is 119 Å². The molecule has 2 amide bonds. The first-order chi connectivity index (χ1) is 9.35. The van der Waals surface area contributed by atoms with Gasteiger partial charge in [-0.15, -0.1) is 0 Å². The Hall–Kier alpha value is -1.85.